The maximum Gasteiger partial charge on any atom is 0.326 e. The van der Waals surface area contributed by atoms with Gasteiger partial charge < -0.3 is 10.1 Å². The van der Waals surface area contributed by atoms with Crippen LogP contribution in [0.15, 0.2) is 84.9 Å². The van der Waals surface area contributed by atoms with E-state index in [1.807, 2.05) is 91.9 Å². The minimum Gasteiger partial charge on any atom is -0.494 e. The Morgan fingerprint density at radius 2 is 1.50 bits per heavy atom. The number of carbonyl (C=O) groups excluding carboxylic acids is 1. The van der Waals surface area contributed by atoms with Gasteiger partial charge in [-0.3, -0.25) is 4.90 Å². The topological polar surface area (TPSA) is 41.6 Å². The van der Waals surface area contributed by atoms with Gasteiger partial charge in [-0.15, -0.1) is 0 Å². The Morgan fingerprint density at radius 1 is 0.885 bits per heavy atom. The molecule has 0 bridgehead atoms. The molecule has 4 heteroatoms. The number of anilines is 2. The van der Waals surface area contributed by atoms with Crippen LogP contribution in [0, 0.1) is 0 Å². The predicted octanol–water partition coefficient (Wildman–Crippen LogP) is 5.32. The molecule has 0 aliphatic heterocycles. The number of benzene rings is 3. The van der Waals surface area contributed by atoms with E-state index >= 15 is 0 Å². The Hall–Kier alpha value is -3.27. The molecule has 0 fully saturated rings. The van der Waals surface area contributed by atoms with Gasteiger partial charge in [-0.05, 0) is 48.9 Å². The molecule has 0 spiro atoms. The Bertz CT molecular complexity index is 818. The lowest BCUT2D eigenvalue weighted by Gasteiger charge is -2.23. The third kappa shape index (κ3) is 4.63. The SMILES string of the molecule is CCOc1ccc(NC(=O)N(Cc2ccccc2)c2ccccc2)cc1. The van der Waals surface area contributed by atoms with E-state index in [9.17, 15) is 4.79 Å². The first-order chi connectivity index (χ1) is 12.8. The van der Waals surface area contributed by atoms with Gasteiger partial charge in [-0.25, -0.2) is 4.79 Å². The third-order valence-electron chi connectivity index (χ3n) is 3.91. The predicted molar refractivity (Wildman–Crippen MR) is 106 cm³/mol. The van der Waals surface area contributed by atoms with Gasteiger partial charge in [0.05, 0.1) is 13.2 Å². The van der Waals surface area contributed by atoms with Gasteiger partial charge in [-0.2, -0.15) is 0 Å². The molecule has 1 N–H and O–H groups in total. The van der Waals surface area contributed by atoms with Crippen molar-refractivity contribution in [3.8, 4) is 5.75 Å². The Labute approximate surface area is 154 Å². The lowest BCUT2D eigenvalue weighted by molar-refractivity contribution is 0.256. The quantitative estimate of drug-likeness (QED) is 0.656. The lowest BCUT2D eigenvalue weighted by atomic mass is 10.2. The van der Waals surface area contributed by atoms with Crippen molar-refractivity contribution in [3.63, 3.8) is 0 Å². The summed E-state index contributed by atoms with van der Waals surface area (Å²) >= 11 is 0. The summed E-state index contributed by atoms with van der Waals surface area (Å²) in [5.41, 5.74) is 2.64. The van der Waals surface area contributed by atoms with Crippen molar-refractivity contribution < 1.29 is 9.53 Å². The van der Waals surface area contributed by atoms with Gasteiger partial charge in [0.2, 0.25) is 0 Å². The second-order valence-electron chi connectivity index (χ2n) is 5.79. The molecule has 0 atom stereocenters. The van der Waals surface area contributed by atoms with Gasteiger partial charge >= 0.3 is 6.03 Å². The first-order valence-electron chi connectivity index (χ1n) is 8.66. The van der Waals surface area contributed by atoms with Gasteiger partial charge in [0.1, 0.15) is 5.75 Å². The van der Waals surface area contributed by atoms with E-state index in [0.717, 1.165) is 22.7 Å². The van der Waals surface area contributed by atoms with Crippen molar-refractivity contribution in [1.29, 1.82) is 0 Å². The molecule has 0 unspecified atom stereocenters. The fourth-order valence-electron chi connectivity index (χ4n) is 2.65. The van der Waals surface area contributed by atoms with E-state index in [1.165, 1.54) is 0 Å². The van der Waals surface area contributed by atoms with Crippen molar-refractivity contribution >= 4 is 17.4 Å². The molecule has 4 nitrogen and oxygen atoms in total. The van der Waals surface area contributed by atoms with Crippen molar-refractivity contribution in [2.24, 2.45) is 0 Å². The van der Waals surface area contributed by atoms with Crippen LogP contribution in [0.5, 0.6) is 5.75 Å². The number of carbonyl (C=O) groups is 1. The molecule has 0 heterocycles. The molecular formula is C22H22N2O2. The molecule has 0 saturated heterocycles. The maximum atomic E-state index is 12.9. The Kier molecular flexibility index (Phi) is 5.88. The van der Waals surface area contributed by atoms with Crippen molar-refractivity contribution in [2.45, 2.75) is 13.5 Å². The number of amides is 2. The highest BCUT2D eigenvalue weighted by Gasteiger charge is 2.16. The monoisotopic (exact) mass is 346 g/mol. The van der Waals surface area contributed by atoms with Crippen LogP contribution in [-0.4, -0.2) is 12.6 Å². The largest absolute Gasteiger partial charge is 0.494 e. The van der Waals surface area contributed by atoms with Crippen LogP contribution >= 0.6 is 0 Å². The summed E-state index contributed by atoms with van der Waals surface area (Å²) in [7, 11) is 0. The standard InChI is InChI=1S/C22H22N2O2/c1-2-26-21-15-13-19(14-16-21)23-22(25)24(20-11-7-4-8-12-20)17-18-9-5-3-6-10-18/h3-16H,2,17H2,1H3,(H,23,25). The van der Waals surface area contributed by atoms with Crippen LogP contribution in [0.25, 0.3) is 0 Å². The zero-order valence-electron chi connectivity index (χ0n) is 14.8. The molecule has 0 aromatic heterocycles. The van der Waals surface area contributed by atoms with Crippen LogP contribution < -0.4 is 15.0 Å². The van der Waals surface area contributed by atoms with E-state index < -0.39 is 0 Å². The van der Waals surface area contributed by atoms with Gasteiger partial charge in [0.15, 0.2) is 0 Å². The average Bonchev–Trinajstić information content (AvgIpc) is 2.69. The van der Waals surface area contributed by atoms with E-state index in [4.69, 9.17) is 4.74 Å². The number of rotatable bonds is 6. The number of nitrogens with one attached hydrogen (secondary N) is 1. The summed E-state index contributed by atoms with van der Waals surface area (Å²) in [5.74, 6) is 0.787. The Morgan fingerprint density at radius 3 is 2.12 bits per heavy atom. The van der Waals surface area contributed by atoms with E-state index in [-0.39, 0.29) is 6.03 Å². The number of hydrogen-bond donors (Lipinski definition) is 1. The molecule has 132 valence electrons. The van der Waals surface area contributed by atoms with Crippen molar-refractivity contribution in [3.05, 3.63) is 90.5 Å². The molecule has 2 amide bonds. The summed E-state index contributed by atoms with van der Waals surface area (Å²) in [6.45, 7) is 3.05. The normalized spacial score (nSPS) is 10.2. The molecule has 3 rings (SSSR count). The second kappa shape index (κ2) is 8.72. The van der Waals surface area contributed by atoms with Crippen LogP contribution in [0.2, 0.25) is 0 Å². The summed E-state index contributed by atoms with van der Waals surface area (Å²) in [6.07, 6.45) is 0. The molecule has 3 aromatic carbocycles. The number of urea groups is 1. The minimum atomic E-state index is -0.177. The maximum absolute atomic E-state index is 12.9. The molecule has 26 heavy (non-hydrogen) atoms. The summed E-state index contributed by atoms with van der Waals surface area (Å²) < 4.78 is 5.44. The summed E-state index contributed by atoms with van der Waals surface area (Å²) in [4.78, 5) is 14.6. The number of para-hydroxylation sites is 1. The lowest BCUT2D eigenvalue weighted by Crippen LogP contribution is -2.34. The van der Waals surface area contributed by atoms with Crippen molar-refractivity contribution in [2.75, 3.05) is 16.8 Å². The van der Waals surface area contributed by atoms with Gasteiger partial charge in [0, 0.05) is 11.4 Å². The van der Waals surface area contributed by atoms with E-state index in [2.05, 4.69) is 5.32 Å². The van der Waals surface area contributed by atoms with Crippen LogP contribution in [-0.2, 0) is 6.54 Å². The molecule has 3 aromatic rings. The molecule has 0 radical (unpaired) electrons. The van der Waals surface area contributed by atoms with Gasteiger partial charge in [0.25, 0.3) is 0 Å². The number of ether oxygens (including phenoxy) is 1. The van der Waals surface area contributed by atoms with Crippen molar-refractivity contribution in [1.82, 2.24) is 0 Å². The summed E-state index contributed by atoms with van der Waals surface area (Å²) in [5, 5.41) is 2.96. The molecule has 0 aliphatic carbocycles. The highest BCUT2D eigenvalue weighted by molar-refractivity contribution is 6.01. The van der Waals surface area contributed by atoms with Crippen LogP contribution in [0.1, 0.15) is 12.5 Å². The van der Waals surface area contributed by atoms with Crippen LogP contribution in [0.4, 0.5) is 16.2 Å². The van der Waals surface area contributed by atoms with E-state index in [0.29, 0.717) is 13.2 Å². The number of hydrogen-bond acceptors (Lipinski definition) is 2. The third-order valence-corrected chi connectivity index (χ3v) is 3.91. The summed E-state index contributed by atoms with van der Waals surface area (Å²) in [6, 6.07) is 26.8. The highest BCUT2D eigenvalue weighted by Crippen LogP contribution is 2.20. The van der Waals surface area contributed by atoms with Gasteiger partial charge in [-0.1, -0.05) is 48.5 Å². The Balaban J connectivity index is 1.78. The first kappa shape index (κ1) is 17.5. The zero-order chi connectivity index (χ0) is 18.2. The average molecular weight is 346 g/mol. The molecule has 0 aliphatic rings. The first-order valence-corrected chi connectivity index (χ1v) is 8.66. The smallest absolute Gasteiger partial charge is 0.326 e. The highest BCUT2D eigenvalue weighted by atomic mass is 16.5. The minimum absolute atomic E-state index is 0.177. The van der Waals surface area contributed by atoms with E-state index in [1.54, 1.807) is 4.90 Å². The molecular weight excluding hydrogens is 324 g/mol. The fourth-order valence-corrected chi connectivity index (χ4v) is 2.65. The number of nitrogens with zero attached hydrogens (tertiary/aromatic N) is 1. The zero-order valence-corrected chi connectivity index (χ0v) is 14.8. The second-order valence-corrected chi connectivity index (χ2v) is 5.79. The molecule has 0 saturated carbocycles. The fraction of sp³-hybridized carbons (Fsp3) is 0.136. The van der Waals surface area contributed by atoms with Crippen LogP contribution in [0.3, 0.4) is 0 Å².